The molecule has 1 amide bonds. The fourth-order valence-corrected chi connectivity index (χ4v) is 1.33. The molecule has 0 saturated carbocycles. The summed E-state index contributed by atoms with van der Waals surface area (Å²) >= 11 is 0. The molecule has 0 aromatic heterocycles. The van der Waals surface area contributed by atoms with E-state index in [0.29, 0.717) is 12.8 Å². The van der Waals surface area contributed by atoms with Gasteiger partial charge in [0.05, 0.1) is 0 Å². The van der Waals surface area contributed by atoms with E-state index < -0.39 is 24.1 Å². The second kappa shape index (κ2) is 7.53. The predicted molar refractivity (Wildman–Crippen MR) is 67.6 cm³/mol. The van der Waals surface area contributed by atoms with E-state index in [0.717, 1.165) is 12.8 Å². The van der Waals surface area contributed by atoms with Crippen molar-refractivity contribution >= 4 is 6.09 Å². The molecular formula is C13H27NO2. The molecular weight excluding hydrogens is 202 g/mol. The average molecular weight is 231 g/mol. The lowest BCUT2D eigenvalue weighted by atomic mass is 10.1. The van der Waals surface area contributed by atoms with Crippen molar-refractivity contribution in [3.05, 3.63) is 0 Å². The van der Waals surface area contributed by atoms with Crippen LogP contribution in [0.1, 0.15) is 69.4 Å². The van der Waals surface area contributed by atoms with Gasteiger partial charge in [-0.3, -0.25) is 0 Å². The van der Waals surface area contributed by atoms with Crippen molar-refractivity contribution in [2.24, 2.45) is 0 Å². The molecule has 0 aliphatic carbocycles. The number of nitrogens with one attached hydrogen (secondary N) is 1. The second-order valence-corrected chi connectivity index (χ2v) is 4.90. The van der Waals surface area contributed by atoms with Gasteiger partial charge in [0.25, 0.3) is 0 Å². The predicted octanol–water partition coefficient (Wildman–Crippen LogP) is 3.87. The molecule has 3 heteroatoms. The first-order chi connectivity index (χ1) is 8.12. The highest BCUT2D eigenvalue weighted by molar-refractivity contribution is 5.68. The van der Waals surface area contributed by atoms with Crippen LogP contribution in [0.5, 0.6) is 0 Å². The smallest absolute Gasteiger partial charge is 0.407 e. The molecule has 0 fully saturated rings. The average Bonchev–Trinajstić information content (AvgIpc) is 2.21. The van der Waals surface area contributed by atoms with Gasteiger partial charge in [-0.05, 0) is 33.6 Å². The Morgan fingerprint density at radius 2 is 2.00 bits per heavy atom. The minimum Gasteiger partial charge on any atom is -0.444 e. The zero-order chi connectivity index (χ0) is 14.4. The molecule has 0 rings (SSSR count). The Balaban J connectivity index is 4.54. The summed E-state index contributed by atoms with van der Waals surface area (Å²) in [6.45, 7) is 9.22. The van der Waals surface area contributed by atoms with Crippen LogP contribution in [0, 0.1) is 0 Å². The highest BCUT2D eigenvalue weighted by Gasteiger charge is 2.18. The Kier molecular flexibility index (Phi) is 5.53. The zero-order valence-corrected chi connectivity index (χ0v) is 11.2. The normalized spacial score (nSPS) is 16.1. The van der Waals surface area contributed by atoms with Crippen LogP contribution in [0.4, 0.5) is 4.79 Å². The van der Waals surface area contributed by atoms with Gasteiger partial charge in [-0.25, -0.2) is 4.79 Å². The van der Waals surface area contributed by atoms with Gasteiger partial charge in [-0.2, -0.15) is 0 Å². The molecule has 0 aromatic rings. The Bertz CT molecular complexity index is 262. The van der Waals surface area contributed by atoms with Crippen LogP contribution >= 0.6 is 0 Å². The summed E-state index contributed by atoms with van der Waals surface area (Å²) in [5.41, 5.74) is -0.557. The van der Waals surface area contributed by atoms with E-state index in [-0.39, 0.29) is 0 Å². The second-order valence-electron chi connectivity index (χ2n) is 4.90. The van der Waals surface area contributed by atoms with Crippen LogP contribution in [0.25, 0.3) is 0 Å². The summed E-state index contributed by atoms with van der Waals surface area (Å²) in [6.07, 6.45) is 0.937. The van der Waals surface area contributed by atoms with Crippen LogP contribution in [0.15, 0.2) is 0 Å². The minimum atomic E-state index is -1.40. The van der Waals surface area contributed by atoms with Gasteiger partial charge in [0.15, 0.2) is 0 Å². The SMILES string of the molecule is [2H]C([2H])(CC)C(CCCC)NC(=O)OC(C)(C)C. The Morgan fingerprint density at radius 1 is 1.38 bits per heavy atom. The molecule has 0 saturated heterocycles. The first kappa shape index (κ1) is 11.7. The van der Waals surface area contributed by atoms with Crippen molar-refractivity contribution in [2.75, 3.05) is 0 Å². The molecule has 16 heavy (non-hydrogen) atoms. The molecule has 96 valence electrons. The van der Waals surface area contributed by atoms with Crippen LogP contribution in [-0.4, -0.2) is 17.7 Å². The van der Waals surface area contributed by atoms with Crippen LogP contribution < -0.4 is 5.32 Å². The highest BCUT2D eigenvalue weighted by atomic mass is 16.6. The van der Waals surface area contributed by atoms with E-state index in [4.69, 9.17) is 7.48 Å². The number of carbonyl (C=O) groups excluding carboxylic acids is 1. The number of unbranched alkanes of at least 4 members (excludes halogenated alkanes) is 1. The van der Waals surface area contributed by atoms with Crippen molar-refractivity contribution in [3.63, 3.8) is 0 Å². The van der Waals surface area contributed by atoms with Crippen molar-refractivity contribution in [3.8, 4) is 0 Å². The monoisotopic (exact) mass is 231 g/mol. The van der Waals surface area contributed by atoms with Gasteiger partial charge >= 0.3 is 6.09 Å². The van der Waals surface area contributed by atoms with Gasteiger partial charge in [0.1, 0.15) is 5.60 Å². The van der Waals surface area contributed by atoms with Crippen molar-refractivity contribution in [2.45, 2.75) is 78.3 Å². The Labute approximate surface area is 103 Å². The number of amides is 1. The number of carbonyl (C=O) groups is 1. The van der Waals surface area contributed by atoms with E-state index in [1.807, 2.05) is 6.92 Å². The fraction of sp³-hybridized carbons (Fsp3) is 0.923. The van der Waals surface area contributed by atoms with Crippen molar-refractivity contribution in [1.29, 1.82) is 0 Å². The lowest BCUT2D eigenvalue weighted by Gasteiger charge is -2.23. The first-order valence-corrected chi connectivity index (χ1v) is 6.12. The third-order valence-corrected chi connectivity index (χ3v) is 1.99. The van der Waals surface area contributed by atoms with Crippen molar-refractivity contribution < 1.29 is 12.3 Å². The van der Waals surface area contributed by atoms with Gasteiger partial charge < -0.3 is 10.1 Å². The molecule has 0 spiro atoms. The number of hydrogen-bond donors (Lipinski definition) is 1. The largest absolute Gasteiger partial charge is 0.444 e. The van der Waals surface area contributed by atoms with E-state index in [1.165, 1.54) is 0 Å². The molecule has 1 unspecified atom stereocenters. The van der Waals surface area contributed by atoms with Crippen LogP contribution in [-0.2, 0) is 4.74 Å². The molecule has 0 aromatic carbocycles. The lowest BCUT2D eigenvalue weighted by molar-refractivity contribution is 0.0498. The molecule has 1 N–H and O–H groups in total. The number of hydrogen-bond acceptors (Lipinski definition) is 2. The maximum atomic E-state index is 11.7. The van der Waals surface area contributed by atoms with E-state index >= 15 is 0 Å². The summed E-state index contributed by atoms with van der Waals surface area (Å²) in [5.74, 6) is 0. The van der Waals surface area contributed by atoms with Gasteiger partial charge in [0.2, 0.25) is 0 Å². The third kappa shape index (κ3) is 8.57. The lowest BCUT2D eigenvalue weighted by Crippen LogP contribution is -2.39. The summed E-state index contributed by atoms with van der Waals surface area (Å²) < 4.78 is 21.0. The van der Waals surface area contributed by atoms with E-state index in [2.05, 4.69) is 5.32 Å². The van der Waals surface area contributed by atoms with E-state index in [9.17, 15) is 4.79 Å². The van der Waals surface area contributed by atoms with Crippen molar-refractivity contribution in [1.82, 2.24) is 5.32 Å². The maximum Gasteiger partial charge on any atom is 0.407 e. The third-order valence-electron chi connectivity index (χ3n) is 1.99. The molecule has 0 radical (unpaired) electrons. The van der Waals surface area contributed by atoms with Crippen LogP contribution in [0.3, 0.4) is 0 Å². The van der Waals surface area contributed by atoms with Gasteiger partial charge in [-0.1, -0.05) is 33.1 Å². The summed E-state index contributed by atoms with van der Waals surface area (Å²) in [6, 6.07) is -0.489. The van der Waals surface area contributed by atoms with E-state index in [1.54, 1.807) is 27.7 Å². The van der Waals surface area contributed by atoms with Gasteiger partial charge in [-0.15, -0.1) is 0 Å². The standard InChI is InChI=1S/C13H27NO2/c1-6-8-10-11(9-7-2)14-12(15)16-13(3,4)5/h11H,6-10H2,1-5H3,(H,14,15)/i9D2. The van der Waals surface area contributed by atoms with Crippen LogP contribution in [0.2, 0.25) is 0 Å². The first-order valence-electron chi connectivity index (χ1n) is 7.12. The summed E-state index contributed by atoms with van der Waals surface area (Å²) in [4.78, 5) is 11.7. The number of ether oxygens (including phenoxy) is 1. The zero-order valence-electron chi connectivity index (χ0n) is 13.2. The highest BCUT2D eigenvalue weighted by Crippen LogP contribution is 2.10. The van der Waals surface area contributed by atoms with Gasteiger partial charge in [0, 0.05) is 8.78 Å². The molecule has 0 heterocycles. The summed E-state index contributed by atoms with van der Waals surface area (Å²) in [7, 11) is 0. The Morgan fingerprint density at radius 3 is 2.44 bits per heavy atom. The quantitative estimate of drug-likeness (QED) is 0.753. The topological polar surface area (TPSA) is 38.3 Å². The Hall–Kier alpha value is -0.730. The maximum absolute atomic E-state index is 11.7. The molecule has 0 bridgehead atoms. The minimum absolute atomic E-state index is 0.372. The number of alkyl carbamates (subject to hydrolysis) is 1. The number of rotatable bonds is 6. The summed E-state index contributed by atoms with van der Waals surface area (Å²) in [5, 5.41) is 2.66. The molecule has 3 nitrogen and oxygen atoms in total. The molecule has 0 aliphatic heterocycles. The molecule has 1 atom stereocenters. The fourth-order valence-electron chi connectivity index (χ4n) is 1.33. The molecule has 0 aliphatic rings.